The number of piperidine rings is 1. The molecule has 1 amide bonds. The first kappa shape index (κ1) is 27.5. The molecule has 1 saturated carbocycles. The van der Waals surface area contributed by atoms with Gasteiger partial charge in [-0.15, -0.1) is 0 Å². The minimum atomic E-state index is -4.37. The van der Waals surface area contributed by atoms with Crippen molar-refractivity contribution in [3.05, 3.63) is 71.3 Å². The summed E-state index contributed by atoms with van der Waals surface area (Å²) in [7, 11) is 0. The topological polar surface area (TPSA) is 52.7 Å². The van der Waals surface area contributed by atoms with Crippen LogP contribution in [0, 0.1) is 17.3 Å². The van der Waals surface area contributed by atoms with Gasteiger partial charge in [0.15, 0.2) is 5.78 Å². The van der Waals surface area contributed by atoms with Gasteiger partial charge in [-0.2, -0.15) is 13.2 Å². The Balaban J connectivity index is 1.13. The van der Waals surface area contributed by atoms with Crippen LogP contribution in [0.4, 0.5) is 13.2 Å². The summed E-state index contributed by atoms with van der Waals surface area (Å²) >= 11 is 0. The van der Waals surface area contributed by atoms with E-state index in [1.807, 2.05) is 6.07 Å². The molecule has 0 bridgehead atoms. The van der Waals surface area contributed by atoms with E-state index < -0.39 is 17.2 Å². The average molecular weight is 554 g/mol. The van der Waals surface area contributed by atoms with E-state index in [0.29, 0.717) is 36.8 Å². The number of amides is 1. The monoisotopic (exact) mass is 553 g/mol. The van der Waals surface area contributed by atoms with Gasteiger partial charge in [-0.05, 0) is 74.4 Å². The molecule has 1 unspecified atom stereocenters. The van der Waals surface area contributed by atoms with Crippen molar-refractivity contribution in [1.82, 2.24) is 15.1 Å². The van der Waals surface area contributed by atoms with Crippen molar-refractivity contribution in [2.75, 3.05) is 32.7 Å². The molecule has 214 valence electrons. The van der Waals surface area contributed by atoms with Crippen LogP contribution in [0.15, 0.2) is 54.6 Å². The van der Waals surface area contributed by atoms with Gasteiger partial charge in [0.25, 0.3) is 0 Å². The highest BCUT2D eigenvalue weighted by Crippen LogP contribution is 2.45. The van der Waals surface area contributed by atoms with Crippen molar-refractivity contribution in [2.24, 2.45) is 17.3 Å². The number of Topliss-reactive ketones (excluding diaryl/α,β-unsaturated/α-hetero) is 1. The van der Waals surface area contributed by atoms with Gasteiger partial charge >= 0.3 is 6.18 Å². The lowest BCUT2D eigenvalue weighted by molar-refractivity contribution is -0.140. The molecule has 5 nitrogen and oxygen atoms in total. The maximum absolute atomic E-state index is 13.8. The fourth-order valence-electron chi connectivity index (χ4n) is 7.29. The zero-order chi connectivity index (χ0) is 27.9. The van der Waals surface area contributed by atoms with Crippen LogP contribution < -0.4 is 5.32 Å². The van der Waals surface area contributed by atoms with E-state index in [0.717, 1.165) is 70.4 Å². The summed E-state index contributed by atoms with van der Waals surface area (Å²) in [6.07, 6.45) is 0.791. The standard InChI is InChI=1S/C32H38F3N3O2/c33-32(34,35)25-10-8-23(9-11-25)21-38-17-14-31(30(38)40)12-15-37(16-13-31)29(28(39)18-22-6-7-22)27-20-36-19-26(27)24-4-2-1-3-5-24/h1-5,8-11,22,26-27,29,36H,6-7,12-21H2/t26-,27-,29?/m1/s1. The van der Waals surface area contributed by atoms with Crippen molar-refractivity contribution in [3.8, 4) is 0 Å². The molecule has 3 aliphatic heterocycles. The first-order valence-electron chi connectivity index (χ1n) is 14.7. The fourth-order valence-corrected chi connectivity index (χ4v) is 7.29. The van der Waals surface area contributed by atoms with Crippen LogP contribution in [0.5, 0.6) is 0 Å². The summed E-state index contributed by atoms with van der Waals surface area (Å²) in [5, 5.41) is 3.56. The maximum Gasteiger partial charge on any atom is 0.416 e. The van der Waals surface area contributed by atoms with Crippen LogP contribution in [-0.2, 0) is 22.3 Å². The van der Waals surface area contributed by atoms with E-state index in [4.69, 9.17) is 0 Å². The minimum Gasteiger partial charge on any atom is -0.338 e. The SMILES string of the molecule is O=C(CC1CC1)C([C@@H]1CNC[C@@H]1c1ccccc1)N1CCC2(CCN(Cc3ccc(C(F)(F)F)cc3)C2=O)CC1. The van der Waals surface area contributed by atoms with Crippen LogP contribution in [0.2, 0.25) is 0 Å². The third kappa shape index (κ3) is 5.57. The van der Waals surface area contributed by atoms with Gasteiger partial charge in [-0.3, -0.25) is 14.5 Å². The zero-order valence-corrected chi connectivity index (χ0v) is 22.8. The second-order valence-corrected chi connectivity index (χ2v) is 12.4. The van der Waals surface area contributed by atoms with Gasteiger partial charge in [0, 0.05) is 44.4 Å². The molecular formula is C32H38F3N3O2. The molecule has 3 saturated heterocycles. The molecule has 0 aromatic heterocycles. The second-order valence-electron chi connectivity index (χ2n) is 12.4. The summed E-state index contributed by atoms with van der Waals surface area (Å²) in [5.74, 6) is 1.49. The lowest BCUT2D eigenvalue weighted by Crippen LogP contribution is -2.54. The molecule has 2 aromatic rings. The first-order valence-corrected chi connectivity index (χ1v) is 14.7. The van der Waals surface area contributed by atoms with Crippen molar-refractivity contribution >= 4 is 11.7 Å². The quantitative estimate of drug-likeness (QED) is 0.485. The molecule has 1 N–H and O–H groups in total. The number of nitrogens with zero attached hydrogens (tertiary/aromatic N) is 2. The molecule has 4 fully saturated rings. The van der Waals surface area contributed by atoms with Gasteiger partial charge < -0.3 is 10.2 Å². The Morgan fingerprint density at radius 3 is 2.27 bits per heavy atom. The number of carbonyl (C=O) groups is 2. The first-order chi connectivity index (χ1) is 19.2. The number of nitrogens with one attached hydrogen (secondary N) is 1. The lowest BCUT2D eigenvalue weighted by atomic mass is 9.74. The predicted molar refractivity (Wildman–Crippen MR) is 146 cm³/mol. The highest BCUT2D eigenvalue weighted by Gasteiger charge is 2.51. The molecule has 3 heterocycles. The van der Waals surface area contributed by atoms with E-state index in [1.165, 1.54) is 17.7 Å². The Hall–Kier alpha value is -2.71. The van der Waals surface area contributed by atoms with E-state index in [9.17, 15) is 22.8 Å². The average Bonchev–Trinajstić information content (AvgIpc) is 3.55. The molecule has 40 heavy (non-hydrogen) atoms. The Bertz CT molecular complexity index is 1200. The molecule has 4 aliphatic rings. The van der Waals surface area contributed by atoms with Crippen molar-refractivity contribution in [2.45, 2.75) is 63.2 Å². The van der Waals surface area contributed by atoms with Gasteiger partial charge in [-0.25, -0.2) is 0 Å². The second kappa shape index (κ2) is 10.9. The number of ketones is 1. The largest absolute Gasteiger partial charge is 0.416 e. The van der Waals surface area contributed by atoms with Gasteiger partial charge in [0.05, 0.1) is 17.0 Å². The Morgan fingerprint density at radius 2 is 1.62 bits per heavy atom. The number of carbonyl (C=O) groups excluding carboxylic acids is 2. The van der Waals surface area contributed by atoms with Crippen LogP contribution in [-0.4, -0.2) is 60.3 Å². The third-order valence-corrected chi connectivity index (χ3v) is 9.82. The predicted octanol–water partition coefficient (Wildman–Crippen LogP) is 5.26. The fraction of sp³-hybridized carbons (Fsp3) is 0.562. The Labute approximate surface area is 234 Å². The number of hydrogen-bond acceptors (Lipinski definition) is 4. The molecule has 0 radical (unpaired) electrons. The summed E-state index contributed by atoms with van der Waals surface area (Å²) in [4.78, 5) is 31.6. The number of alkyl halides is 3. The van der Waals surface area contributed by atoms with Gasteiger partial charge in [-0.1, -0.05) is 42.5 Å². The number of halogens is 3. The number of rotatable bonds is 8. The highest BCUT2D eigenvalue weighted by atomic mass is 19.4. The van der Waals surface area contributed by atoms with Crippen LogP contribution in [0.1, 0.15) is 61.1 Å². The van der Waals surface area contributed by atoms with Crippen molar-refractivity contribution < 1.29 is 22.8 Å². The normalized spacial score (nSPS) is 26.0. The molecule has 8 heteroatoms. The van der Waals surface area contributed by atoms with E-state index in [2.05, 4.69) is 34.5 Å². The maximum atomic E-state index is 13.8. The molecule has 1 spiro atoms. The minimum absolute atomic E-state index is 0.109. The van der Waals surface area contributed by atoms with Crippen LogP contribution in [0.3, 0.4) is 0 Å². The molecule has 3 atom stereocenters. The number of hydrogen-bond donors (Lipinski definition) is 1. The van der Waals surface area contributed by atoms with E-state index >= 15 is 0 Å². The van der Waals surface area contributed by atoms with Crippen molar-refractivity contribution in [1.29, 1.82) is 0 Å². The third-order valence-electron chi connectivity index (χ3n) is 9.82. The van der Waals surface area contributed by atoms with Crippen LogP contribution >= 0.6 is 0 Å². The Morgan fingerprint density at radius 1 is 0.950 bits per heavy atom. The molecule has 6 rings (SSSR count). The summed E-state index contributed by atoms with van der Waals surface area (Å²) in [5.41, 5.74) is 0.882. The smallest absolute Gasteiger partial charge is 0.338 e. The summed E-state index contributed by atoms with van der Waals surface area (Å²) in [6, 6.07) is 15.5. The van der Waals surface area contributed by atoms with Crippen molar-refractivity contribution in [3.63, 3.8) is 0 Å². The summed E-state index contributed by atoms with van der Waals surface area (Å²) < 4.78 is 38.8. The van der Waals surface area contributed by atoms with E-state index in [-0.39, 0.29) is 23.8 Å². The number of likely N-dealkylation sites (tertiary alicyclic amines) is 2. The van der Waals surface area contributed by atoms with Crippen LogP contribution in [0.25, 0.3) is 0 Å². The molecular weight excluding hydrogens is 515 g/mol. The summed E-state index contributed by atoms with van der Waals surface area (Å²) in [6.45, 7) is 4.08. The molecule has 2 aromatic carbocycles. The van der Waals surface area contributed by atoms with E-state index in [1.54, 1.807) is 4.90 Å². The Kier molecular flexibility index (Phi) is 7.51. The molecule has 1 aliphatic carbocycles. The number of benzene rings is 2. The van der Waals surface area contributed by atoms with Gasteiger partial charge in [0.2, 0.25) is 5.91 Å². The lowest BCUT2D eigenvalue weighted by Gasteiger charge is -2.44. The van der Waals surface area contributed by atoms with Gasteiger partial charge in [0.1, 0.15) is 0 Å². The highest BCUT2D eigenvalue weighted by molar-refractivity contribution is 5.86. The zero-order valence-electron chi connectivity index (χ0n) is 22.8.